The van der Waals surface area contributed by atoms with E-state index in [2.05, 4.69) is 26.7 Å². The number of aromatic nitrogens is 2. The van der Waals surface area contributed by atoms with Crippen molar-refractivity contribution in [2.45, 2.75) is 19.9 Å². The van der Waals surface area contributed by atoms with Crippen LogP contribution in [0.3, 0.4) is 0 Å². The van der Waals surface area contributed by atoms with Gasteiger partial charge in [-0.15, -0.1) is 0 Å². The van der Waals surface area contributed by atoms with E-state index in [-0.39, 0.29) is 6.04 Å². The highest BCUT2D eigenvalue weighted by Crippen LogP contribution is 2.33. The maximum absolute atomic E-state index is 5.67. The van der Waals surface area contributed by atoms with E-state index in [0.717, 1.165) is 29.8 Å². The summed E-state index contributed by atoms with van der Waals surface area (Å²) in [5.74, 6) is 3.36. The van der Waals surface area contributed by atoms with E-state index in [0.29, 0.717) is 6.61 Å². The Labute approximate surface area is 118 Å². The number of fused-ring (bicyclic) bond motifs is 1. The minimum absolute atomic E-state index is 0.134. The molecule has 0 saturated carbocycles. The van der Waals surface area contributed by atoms with Crippen LogP contribution >= 0.6 is 0 Å². The SMILES string of the molecule is CCNc1cc(NC2COc3ccccc32)nc(C)n1. The van der Waals surface area contributed by atoms with Crippen molar-refractivity contribution in [2.75, 3.05) is 23.8 Å². The number of nitrogens with zero attached hydrogens (tertiary/aromatic N) is 2. The number of anilines is 2. The van der Waals surface area contributed by atoms with Gasteiger partial charge in [0.1, 0.15) is 29.8 Å². The van der Waals surface area contributed by atoms with Crippen LogP contribution in [-0.2, 0) is 0 Å². The van der Waals surface area contributed by atoms with Crippen LogP contribution in [0.1, 0.15) is 24.4 Å². The lowest BCUT2D eigenvalue weighted by atomic mass is 10.1. The average molecular weight is 270 g/mol. The molecule has 0 saturated heterocycles. The number of para-hydroxylation sites is 1. The Balaban J connectivity index is 1.82. The molecule has 2 heterocycles. The molecule has 2 aromatic rings. The fraction of sp³-hybridized carbons (Fsp3) is 0.333. The van der Waals surface area contributed by atoms with E-state index in [4.69, 9.17) is 4.74 Å². The smallest absolute Gasteiger partial charge is 0.132 e. The molecule has 2 N–H and O–H groups in total. The van der Waals surface area contributed by atoms with Crippen LogP contribution in [0.4, 0.5) is 11.6 Å². The van der Waals surface area contributed by atoms with E-state index < -0.39 is 0 Å². The summed E-state index contributed by atoms with van der Waals surface area (Å²) in [6.45, 7) is 5.40. The summed E-state index contributed by atoms with van der Waals surface area (Å²) in [5, 5.41) is 6.63. The summed E-state index contributed by atoms with van der Waals surface area (Å²) < 4.78 is 5.67. The Morgan fingerprint density at radius 1 is 1.25 bits per heavy atom. The molecule has 1 atom stereocenters. The fourth-order valence-corrected chi connectivity index (χ4v) is 2.37. The quantitative estimate of drug-likeness (QED) is 0.894. The molecule has 0 spiro atoms. The van der Waals surface area contributed by atoms with Crippen molar-refractivity contribution in [3.63, 3.8) is 0 Å². The zero-order valence-electron chi connectivity index (χ0n) is 11.7. The predicted molar refractivity (Wildman–Crippen MR) is 79.2 cm³/mol. The van der Waals surface area contributed by atoms with Crippen LogP contribution < -0.4 is 15.4 Å². The molecule has 1 aliphatic rings. The van der Waals surface area contributed by atoms with E-state index in [1.54, 1.807) is 0 Å². The van der Waals surface area contributed by atoms with Gasteiger partial charge in [-0.3, -0.25) is 0 Å². The van der Waals surface area contributed by atoms with Gasteiger partial charge < -0.3 is 15.4 Å². The van der Waals surface area contributed by atoms with Gasteiger partial charge in [0.2, 0.25) is 0 Å². The number of hydrogen-bond donors (Lipinski definition) is 2. The molecule has 5 nitrogen and oxygen atoms in total. The van der Waals surface area contributed by atoms with Gasteiger partial charge in [0.05, 0.1) is 6.04 Å². The van der Waals surface area contributed by atoms with Gasteiger partial charge in [-0.1, -0.05) is 18.2 Å². The molecule has 1 aromatic heterocycles. The Hall–Kier alpha value is -2.30. The Kier molecular flexibility index (Phi) is 3.41. The zero-order valence-corrected chi connectivity index (χ0v) is 11.7. The zero-order chi connectivity index (χ0) is 13.9. The minimum atomic E-state index is 0.134. The molecular weight excluding hydrogens is 252 g/mol. The van der Waals surface area contributed by atoms with Crippen LogP contribution in [-0.4, -0.2) is 23.1 Å². The number of hydrogen-bond acceptors (Lipinski definition) is 5. The third-order valence-electron chi connectivity index (χ3n) is 3.22. The van der Waals surface area contributed by atoms with Crippen LogP contribution in [0.2, 0.25) is 0 Å². The van der Waals surface area contributed by atoms with Crippen LogP contribution in [0, 0.1) is 6.92 Å². The fourth-order valence-electron chi connectivity index (χ4n) is 2.37. The topological polar surface area (TPSA) is 59.1 Å². The van der Waals surface area contributed by atoms with Gasteiger partial charge in [0.25, 0.3) is 0 Å². The number of ether oxygens (including phenoxy) is 1. The summed E-state index contributed by atoms with van der Waals surface area (Å²) >= 11 is 0. The van der Waals surface area contributed by atoms with Crippen molar-refractivity contribution in [2.24, 2.45) is 0 Å². The number of rotatable bonds is 4. The number of aryl methyl sites for hydroxylation is 1. The number of nitrogens with one attached hydrogen (secondary N) is 2. The molecule has 0 amide bonds. The lowest BCUT2D eigenvalue weighted by Crippen LogP contribution is -2.14. The molecule has 0 fully saturated rings. The van der Waals surface area contributed by atoms with Gasteiger partial charge in [0.15, 0.2) is 0 Å². The summed E-state index contributed by atoms with van der Waals surface area (Å²) in [6, 6.07) is 10.1. The highest BCUT2D eigenvalue weighted by Gasteiger charge is 2.23. The molecule has 0 bridgehead atoms. The Morgan fingerprint density at radius 3 is 2.90 bits per heavy atom. The molecule has 1 unspecified atom stereocenters. The van der Waals surface area contributed by atoms with Crippen LogP contribution in [0.25, 0.3) is 0 Å². The molecular formula is C15H18N4O. The first-order chi connectivity index (χ1) is 9.76. The van der Waals surface area contributed by atoms with Crippen molar-refractivity contribution in [1.82, 2.24) is 9.97 Å². The third kappa shape index (κ3) is 2.52. The molecule has 5 heteroatoms. The van der Waals surface area contributed by atoms with Crippen molar-refractivity contribution in [3.8, 4) is 5.75 Å². The van der Waals surface area contributed by atoms with E-state index in [1.807, 2.05) is 38.1 Å². The maximum Gasteiger partial charge on any atom is 0.132 e. The molecule has 1 aromatic carbocycles. The second kappa shape index (κ2) is 5.36. The van der Waals surface area contributed by atoms with Gasteiger partial charge in [-0.25, -0.2) is 9.97 Å². The third-order valence-corrected chi connectivity index (χ3v) is 3.22. The Morgan fingerprint density at radius 2 is 2.05 bits per heavy atom. The highest BCUT2D eigenvalue weighted by molar-refractivity contribution is 5.51. The number of benzene rings is 1. The predicted octanol–water partition coefficient (Wildman–Crippen LogP) is 2.76. The highest BCUT2D eigenvalue weighted by atomic mass is 16.5. The summed E-state index contributed by atoms with van der Waals surface area (Å²) in [5.41, 5.74) is 1.17. The molecule has 3 rings (SSSR count). The van der Waals surface area contributed by atoms with Crippen molar-refractivity contribution >= 4 is 11.6 Å². The summed E-state index contributed by atoms with van der Waals surface area (Å²) in [4.78, 5) is 8.78. The first-order valence-electron chi connectivity index (χ1n) is 6.84. The van der Waals surface area contributed by atoms with E-state index in [9.17, 15) is 0 Å². The van der Waals surface area contributed by atoms with Crippen molar-refractivity contribution < 1.29 is 4.74 Å². The molecule has 104 valence electrons. The minimum Gasteiger partial charge on any atom is -0.491 e. The van der Waals surface area contributed by atoms with Crippen LogP contribution in [0.5, 0.6) is 5.75 Å². The average Bonchev–Trinajstić information content (AvgIpc) is 2.82. The first-order valence-corrected chi connectivity index (χ1v) is 6.84. The van der Waals surface area contributed by atoms with E-state index >= 15 is 0 Å². The largest absolute Gasteiger partial charge is 0.491 e. The van der Waals surface area contributed by atoms with Crippen LogP contribution in [0.15, 0.2) is 30.3 Å². The first kappa shape index (κ1) is 12.7. The van der Waals surface area contributed by atoms with Crippen molar-refractivity contribution in [3.05, 3.63) is 41.7 Å². The summed E-state index contributed by atoms with van der Waals surface area (Å²) in [6.07, 6.45) is 0. The molecule has 1 aliphatic heterocycles. The van der Waals surface area contributed by atoms with Gasteiger partial charge in [-0.05, 0) is 19.9 Å². The van der Waals surface area contributed by atoms with Gasteiger partial charge in [0, 0.05) is 18.2 Å². The van der Waals surface area contributed by atoms with E-state index in [1.165, 1.54) is 5.56 Å². The monoisotopic (exact) mass is 270 g/mol. The van der Waals surface area contributed by atoms with Crippen molar-refractivity contribution in [1.29, 1.82) is 0 Å². The summed E-state index contributed by atoms with van der Waals surface area (Å²) in [7, 11) is 0. The maximum atomic E-state index is 5.67. The molecule has 0 radical (unpaired) electrons. The van der Waals surface area contributed by atoms with Gasteiger partial charge >= 0.3 is 0 Å². The lowest BCUT2D eigenvalue weighted by Gasteiger charge is -2.14. The molecule has 20 heavy (non-hydrogen) atoms. The second-order valence-corrected chi connectivity index (χ2v) is 4.76. The Bertz CT molecular complexity index is 615. The standard InChI is InChI=1S/C15H18N4O/c1-3-16-14-8-15(18-10(2)17-14)19-12-9-20-13-7-5-4-6-11(12)13/h4-8,12H,3,9H2,1-2H3,(H2,16,17,18,19). The second-order valence-electron chi connectivity index (χ2n) is 4.76. The normalized spacial score (nSPS) is 16.4. The molecule has 0 aliphatic carbocycles. The van der Waals surface area contributed by atoms with Gasteiger partial charge in [-0.2, -0.15) is 0 Å². The lowest BCUT2D eigenvalue weighted by molar-refractivity contribution is 0.339.